The van der Waals surface area contributed by atoms with Gasteiger partial charge in [-0.2, -0.15) is 0 Å². The van der Waals surface area contributed by atoms with Crippen molar-refractivity contribution in [3.05, 3.63) is 381 Å². The minimum absolute atomic E-state index is 0.00665. The van der Waals surface area contributed by atoms with Crippen LogP contribution in [-0.2, 0) is 0 Å². The highest BCUT2D eigenvalue weighted by molar-refractivity contribution is 5.95. The summed E-state index contributed by atoms with van der Waals surface area (Å²) in [4.78, 5) is 35.7. The standard InChI is InChI=1S/2C27H30N4.2C26H28N4/c1-18-15-23-24(16-19(18)2)28-17-29-26(23)30-22-13-11-21(12-14-22)25(31-27(3,4)5)20-9-7-6-8-10-20;1-18(2)16-28-26(21-8-6-5-7-9-21)22-10-12-23(13-11-22)31-27-24-14-19(3)20(4)15-25(24)29-17-30-27;1-17(2)29-25(20-8-6-5-7-9-20)21-10-12-22(13-11-21)30-26-23-14-18(3)19(4)15-24(23)27-16-28-26;1-4-14-27-25(20-8-6-5-7-9-20)21-10-12-22(13-11-21)30-26-23-15-18(2)19(3)16-24(23)28-17-29-26/h6-17,25,31H,1-5H3,(H,28,29,30);5-15,17-18,26,28H,16H2,1-4H3,(H,29,30,31);5-17,25,29H,1-4H3,(H,27,28,30);5-13,15-17,25,27H,4,14H2,1-3H3,(H,28,29,30)/t25-;26-;2*25-/m1111/s1. The van der Waals surface area contributed by atoms with Crippen molar-refractivity contribution in [2.45, 2.75) is 153 Å². The van der Waals surface area contributed by atoms with Gasteiger partial charge >= 0.3 is 0 Å². The van der Waals surface area contributed by atoms with Crippen molar-refractivity contribution in [2.24, 2.45) is 5.92 Å². The zero-order valence-electron chi connectivity index (χ0n) is 73.4. The van der Waals surface area contributed by atoms with E-state index in [1.165, 1.54) is 89.0 Å². The lowest BCUT2D eigenvalue weighted by Gasteiger charge is -2.29. The van der Waals surface area contributed by atoms with Crippen LogP contribution < -0.4 is 42.5 Å². The first-order valence-corrected chi connectivity index (χ1v) is 42.5. The van der Waals surface area contributed by atoms with Crippen molar-refractivity contribution in [3.8, 4) is 0 Å². The third kappa shape index (κ3) is 22.9. The molecule has 0 aliphatic heterocycles. The minimum atomic E-state index is -0.00665. The van der Waals surface area contributed by atoms with Gasteiger partial charge < -0.3 is 42.5 Å². The largest absolute Gasteiger partial charge is 0.340 e. The number of hydrogen-bond acceptors (Lipinski definition) is 16. The third-order valence-corrected chi connectivity index (χ3v) is 22.0. The van der Waals surface area contributed by atoms with E-state index in [4.69, 9.17) is 0 Å². The smallest absolute Gasteiger partial charge is 0.141 e. The van der Waals surface area contributed by atoms with Crippen LogP contribution in [0.2, 0.25) is 0 Å². The van der Waals surface area contributed by atoms with E-state index >= 15 is 0 Å². The second kappa shape index (κ2) is 40.9. The van der Waals surface area contributed by atoms with Gasteiger partial charge in [-0.25, -0.2) is 39.9 Å². The van der Waals surface area contributed by atoms with Crippen LogP contribution in [0.5, 0.6) is 0 Å². The first-order valence-electron chi connectivity index (χ1n) is 42.5. The zero-order chi connectivity index (χ0) is 85.8. The summed E-state index contributed by atoms with van der Waals surface area (Å²) in [5, 5.41) is 32.8. The van der Waals surface area contributed by atoms with Crippen LogP contribution in [0.15, 0.2) is 292 Å². The molecule has 122 heavy (non-hydrogen) atoms. The first-order chi connectivity index (χ1) is 59.0. The van der Waals surface area contributed by atoms with Gasteiger partial charge in [-0.05, 0) is 302 Å². The van der Waals surface area contributed by atoms with Crippen LogP contribution in [0.25, 0.3) is 43.6 Å². The summed E-state index contributed by atoms with van der Waals surface area (Å²) in [6, 6.07) is 94.8. The summed E-state index contributed by atoms with van der Waals surface area (Å²) in [6.07, 6.45) is 7.57. The van der Waals surface area contributed by atoms with E-state index in [1.807, 2.05) is 0 Å². The van der Waals surface area contributed by atoms with E-state index in [9.17, 15) is 0 Å². The summed E-state index contributed by atoms with van der Waals surface area (Å²) in [6.45, 7) is 36.5. The summed E-state index contributed by atoms with van der Waals surface area (Å²) in [5.41, 5.74) is 27.8. The van der Waals surface area contributed by atoms with E-state index in [0.29, 0.717) is 12.0 Å². The van der Waals surface area contributed by atoms with Crippen molar-refractivity contribution in [1.82, 2.24) is 61.1 Å². The van der Waals surface area contributed by atoms with Gasteiger partial charge in [0.05, 0.1) is 46.2 Å². The van der Waals surface area contributed by atoms with E-state index in [2.05, 4.69) is 460 Å². The van der Waals surface area contributed by atoms with Crippen LogP contribution in [0.1, 0.15) is 175 Å². The molecule has 0 aliphatic carbocycles. The lowest BCUT2D eigenvalue weighted by Crippen LogP contribution is -2.39. The van der Waals surface area contributed by atoms with Crippen molar-refractivity contribution >= 4 is 89.6 Å². The highest BCUT2D eigenvalue weighted by atomic mass is 15.1. The fourth-order valence-electron chi connectivity index (χ4n) is 14.8. The van der Waals surface area contributed by atoms with E-state index in [-0.39, 0.29) is 29.7 Å². The summed E-state index contributed by atoms with van der Waals surface area (Å²) in [7, 11) is 0. The normalized spacial score (nSPS) is 12.3. The Morgan fingerprint density at radius 1 is 0.279 bits per heavy atom. The number of hydrogen-bond donors (Lipinski definition) is 8. The predicted octanol–water partition coefficient (Wildman–Crippen LogP) is 24.9. The van der Waals surface area contributed by atoms with Gasteiger partial charge in [0.2, 0.25) is 0 Å². The number of nitrogens with zero attached hydrogens (tertiary/aromatic N) is 8. The molecular formula is C106H116N16. The molecule has 0 saturated heterocycles. The quantitative estimate of drug-likeness (QED) is 0.0269. The third-order valence-electron chi connectivity index (χ3n) is 22.0. The summed E-state index contributed by atoms with van der Waals surface area (Å²) in [5.74, 6) is 3.91. The Labute approximate surface area is 720 Å². The van der Waals surface area contributed by atoms with Crippen molar-refractivity contribution in [1.29, 1.82) is 0 Å². The Morgan fingerprint density at radius 3 is 0.795 bits per heavy atom. The van der Waals surface area contributed by atoms with Crippen LogP contribution in [-0.4, -0.2) is 64.5 Å². The van der Waals surface area contributed by atoms with Gasteiger partial charge in [-0.1, -0.05) is 191 Å². The number of benzene rings is 12. The molecule has 4 heterocycles. The molecule has 4 atom stereocenters. The molecule has 0 radical (unpaired) electrons. The van der Waals surface area contributed by atoms with Crippen molar-refractivity contribution in [2.75, 3.05) is 34.4 Å². The molecule has 0 amide bonds. The van der Waals surface area contributed by atoms with Gasteiger partial charge in [0.15, 0.2) is 0 Å². The van der Waals surface area contributed by atoms with Crippen LogP contribution in [0.4, 0.5) is 46.0 Å². The Hall–Kier alpha value is -13.0. The summed E-state index contributed by atoms with van der Waals surface area (Å²) >= 11 is 0. The van der Waals surface area contributed by atoms with Gasteiger partial charge in [-0.15, -0.1) is 0 Å². The maximum Gasteiger partial charge on any atom is 0.141 e. The highest BCUT2D eigenvalue weighted by Crippen LogP contribution is 2.35. The first kappa shape index (κ1) is 86.9. The maximum absolute atomic E-state index is 4.49. The monoisotopic (exact) mass is 1610 g/mol. The molecule has 16 heteroatoms. The Kier molecular flexibility index (Phi) is 29.1. The van der Waals surface area contributed by atoms with Crippen LogP contribution >= 0.6 is 0 Å². The number of aryl methyl sites for hydroxylation is 8. The molecule has 0 unspecified atom stereocenters. The van der Waals surface area contributed by atoms with Crippen LogP contribution in [0.3, 0.4) is 0 Å². The number of aromatic nitrogens is 8. The molecule has 16 aromatic rings. The van der Waals surface area contributed by atoms with E-state index in [1.54, 1.807) is 25.3 Å². The molecule has 16 nitrogen and oxygen atoms in total. The van der Waals surface area contributed by atoms with Crippen LogP contribution in [0, 0.1) is 61.3 Å². The average Bonchev–Trinajstić information content (AvgIpc) is 0.811. The van der Waals surface area contributed by atoms with Crippen molar-refractivity contribution < 1.29 is 0 Å². The number of anilines is 8. The van der Waals surface area contributed by atoms with E-state index < -0.39 is 0 Å². The Morgan fingerprint density at radius 2 is 0.525 bits per heavy atom. The van der Waals surface area contributed by atoms with Gasteiger partial charge in [-0.3, -0.25) is 0 Å². The Bertz CT molecular complexity index is 6080. The predicted molar refractivity (Wildman–Crippen MR) is 510 cm³/mol. The molecule has 0 aliphatic rings. The summed E-state index contributed by atoms with van der Waals surface area (Å²) < 4.78 is 0. The minimum Gasteiger partial charge on any atom is -0.340 e. The second-order valence-corrected chi connectivity index (χ2v) is 33.5. The number of rotatable bonds is 25. The fourth-order valence-corrected chi connectivity index (χ4v) is 14.8. The molecule has 0 spiro atoms. The molecule has 0 saturated carbocycles. The molecule has 12 aromatic carbocycles. The lowest BCUT2D eigenvalue weighted by atomic mass is 9.95. The van der Waals surface area contributed by atoms with E-state index in [0.717, 1.165) is 109 Å². The molecule has 0 fully saturated rings. The SMILES string of the molecule is CCCN[C@H](c1ccccc1)c1ccc(Nc2ncnc3cc(C)c(C)cc23)cc1.Cc1cc2ncnc(Nc3ccc([C@H](NC(C)(C)C)c4ccccc4)cc3)c2cc1C.Cc1cc2ncnc(Nc3ccc([C@H](NC(C)C)c4ccccc4)cc3)c2cc1C.Cc1cc2ncnc(Nc3ccc([C@H](NCC(C)C)c4ccccc4)cc3)c2cc1C. The lowest BCUT2D eigenvalue weighted by molar-refractivity contribution is 0.391. The number of nitrogens with one attached hydrogen (secondary N) is 8. The maximum atomic E-state index is 4.49. The second-order valence-electron chi connectivity index (χ2n) is 33.5. The van der Waals surface area contributed by atoms with Gasteiger partial charge in [0.25, 0.3) is 0 Å². The topological polar surface area (TPSA) is 199 Å². The van der Waals surface area contributed by atoms with Crippen molar-refractivity contribution in [3.63, 3.8) is 0 Å². The van der Waals surface area contributed by atoms with Gasteiger partial charge in [0.1, 0.15) is 48.6 Å². The Balaban J connectivity index is 0.000000140. The molecule has 620 valence electrons. The fraction of sp³-hybridized carbons (Fsp3) is 0.245. The highest BCUT2D eigenvalue weighted by Gasteiger charge is 2.23. The molecule has 4 aromatic heterocycles. The zero-order valence-corrected chi connectivity index (χ0v) is 73.4. The molecule has 16 rings (SSSR count). The van der Waals surface area contributed by atoms with Gasteiger partial charge in [0, 0.05) is 55.9 Å². The molecule has 8 N–H and O–H groups in total. The average molecular weight is 1610 g/mol. The number of fused-ring (bicyclic) bond motifs is 4. The molecule has 0 bridgehead atoms. The molecular weight excluding hydrogens is 1500 g/mol.